The van der Waals surface area contributed by atoms with Crippen LogP contribution in [-0.2, 0) is 19.8 Å². The van der Waals surface area contributed by atoms with Crippen LogP contribution in [0.3, 0.4) is 0 Å². The highest BCUT2D eigenvalue weighted by molar-refractivity contribution is 5.33. The molecule has 1 aliphatic rings. The van der Waals surface area contributed by atoms with Crippen molar-refractivity contribution in [2.45, 2.75) is 31.3 Å². The summed E-state index contributed by atoms with van der Waals surface area (Å²) in [6, 6.07) is 5.15. The largest absolute Gasteiger partial charge is 0.416 e. The molecule has 1 aromatic carbocycles. The third kappa shape index (κ3) is 3.40. The van der Waals surface area contributed by atoms with Gasteiger partial charge in [0.1, 0.15) is 0 Å². The molecule has 1 aliphatic heterocycles. The van der Waals surface area contributed by atoms with Crippen LogP contribution in [0.5, 0.6) is 0 Å². The van der Waals surface area contributed by atoms with Crippen molar-refractivity contribution in [2.75, 3.05) is 6.54 Å². The van der Waals surface area contributed by atoms with Crippen molar-refractivity contribution in [1.29, 1.82) is 0 Å². The number of likely N-dealkylation sites (tertiary alicyclic amines) is 1. The zero-order chi connectivity index (χ0) is 16.6. The minimum Gasteiger partial charge on any atom is -0.392 e. The van der Waals surface area contributed by atoms with E-state index in [0.29, 0.717) is 19.5 Å². The summed E-state index contributed by atoms with van der Waals surface area (Å²) in [7, 11) is 1.79. The number of hydrogen-bond donors (Lipinski definition) is 1. The Morgan fingerprint density at radius 3 is 2.70 bits per heavy atom. The summed E-state index contributed by atoms with van der Waals surface area (Å²) in [6.45, 7) is 0.813. The summed E-state index contributed by atoms with van der Waals surface area (Å²) in [4.78, 5) is 1.88. The fourth-order valence-corrected chi connectivity index (χ4v) is 3.21. The minimum absolute atomic E-state index is 0.223. The SMILES string of the molecule is Cn1cc(CN2C[C@@H](O)C[C@H]2c2ccccc2C(F)(F)F)cn1. The van der Waals surface area contributed by atoms with E-state index in [2.05, 4.69) is 5.10 Å². The van der Waals surface area contributed by atoms with Gasteiger partial charge in [0.2, 0.25) is 0 Å². The molecule has 4 nitrogen and oxygen atoms in total. The van der Waals surface area contributed by atoms with E-state index < -0.39 is 23.9 Å². The summed E-state index contributed by atoms with van der Waals surface area (Å²) in [6.07, 6.45) is -1.20. The van der Waals surface area contributed by atoms with Crippen molar-refractivity contribution in [3.05, 3.63) is 53.3 Å². The van der Waals surface area contributed by atoms with E-state index in [-0.39, 0.29) is 5.56 Å². The van der Waals surface area contributed by atoms with Crippen molar-refractivity contribution < 1.29 is 18.3 Å². The van der Waals surface area contributed by atoms with Crippen LogP contribution in [0, 0.1) is 0 Å². The number of benzene rings is 1. The highest BCUT2D eigenvalue weighted by atomic mass is 19.4. The molecular weight excluding hydrogens is 307 g/mol. The van der Waals surface area contributed by atoms with Crippen molar-refractivity contribution in [3.8, 4) is 0 Å². The molecule has 2 heterocycles. The molecule has 2 atom stereocenters. The fraction of sp³-hybridized carbons (Fsp3) is 0.438. The average molecular weight is 325 g/mol. The molecule has 0 unspecified atom stereocenters. The average Bonchev–Trinajstić information content (AvgIpc) is 3.04. The molecule has 124 valence electrons. The number of nitrogens with zero attached hydrogens (tertiary/aromatic N) is 3. The number of halogens is 3. The molecule has 1 saturated heterocycles. The van der Waals surface area contributed by atoms with Gasteiger partial charge in [-0.2, -0.15) is 18.3 Å². The Hall–Kier alpha value is -1.86. The number of aliphatic hydroxyl groups excluding tert-OH is 1. The van der Waals surface area contributed by atoms with Gasteiger partial charge in [0.15, 0.2) is 0 Å². The van der Waals surface area contributed by atoms with E-state index in [1.807, 2.05) is 11.1 Å². The van der Waals surface area contributed by atoms with Crippen LogP contribution in [0.25, 0.3) is 0 Å². The molecule has 0 spiro atoms. The molecule has 0 amide bonds. The molecule has 0 radical (unpaired) electrons. The first-order chi connectivity index (χ1) is 10.8. The number of aromatic nitrogens is 2. The topological polar surface area (TPSA) is 41.3 Å². The second-order valence-electron chi connectivity index (χ2n) is 5.94. The van der Waals surface area contributed by atoms with Gasteiger partial charge in [-0.25, -0.2) is 0 Å². The Kier molecular flexibility index (Phi) is 4.16. The first-order valence-corrected chi connectivity index (χ1v) is 7.40. The predicted octanol–water partition coefficient (Wildman–Crippen LogP) is 2.75. The third-order valence-corrected chi connectivity index (χ3v) is 4.15. The van der Waals surface area contributed by atoms with E-state index in [1.165, 1.54) is 12.1 Å². The number of β-amino-alcohol motifs (C(OH)–C–C–N with tert-alkyl or cyclic N) is 1. The quantitative estimate of drug-likeness (QED) is 0.943. The van der Waals surface area contributed by atoms with Crippen molar-refractivity contribution >= 4 is 0 Å². The van der Waals surface area contributed by atoms with Gasteiger partial charge in [0.05, 0.1) is 17.9 Å². The molecule has 1 fully saturated rings. The zero-order valence-electron chi connectivity index (χ0n) is 12.7. The Balaban J connectivity index is 1.91. The molecule has 1 aromatic heterocycles. The van der Waals surface area contributed by atoms with Gasteiger partial charge in [0, 0.05) is 37.9 Å². The van der Waals surface area contributed by atoms with Gasteiger partial charge in [0.25, 0.3) is 0 Å². The lowest BCUT2D eigenvalue weighted by Gasteiger charge is -2.26. The van der Waals surface area contributed by atoms with Crippen molar-refractivity contribution in [1.82, 2.24) is 14.7 Å². The van der Waals surface area contributed by atoms with Crippen LogP contribution in [0.1, 0.15) is 29.2 Å². The standard InChI is InChI=1S/C16H18F3N3O/c1-21-8-11(7-20-21)9-22-10-12(23)6-15(22)13-4-2-3-5-14(13)16(17,18)19/h2-5,7-8,12,15,23H,6,9-10H2,1H3/t12-,15-/m0/s1. The fourth-order valence-electron chi connectivity index (χ4n) is 3.21. The number of rotatable bonds is 3. The second-order valence-corrected chi connectivity index (χ2v) is 5.94. The number of hydrogen-bond acceptors (Lipinski definition) is 3. The Morgan fingerprint density at radius 2 is 2.04 bits per heavy atom. The molecule has 3 rings (SSSR count). The first kappa shape index (κ1) is 16.0. The normalized spacial score (nSPS) is 22.7. The number of alkyl halides is 3. The van der Waals surface area contributed by atoms with E-state index >= 15 is 0 Å². The number of aliphatic hydroxyl groups is 1. The van der Waals surface area contributed by atoms with E-state index in [0.717, 1.165) is 11.6 Å². The van der Waals surface area contributed by atoms with Crippen LogP contribution in [0.4, 0.5) is 13.2 Å². The zero-order valence-corrected chi connectivity index (χ0v) is 12.7. The van der Waals surface area contributed by atoms with Crippen LogP contribution in [0.15, 0.2) is 36.7 Å². The molecule has 2 aromatic rings. The Labute approximate surface area is 132 Å². The van der Waals surface area contributed by atoms with Crippen LogP contribution >= 0.6 is 0 Å². The van der Waals surface area contributed by atoms with E-state index in [1.54, 1.807) is 24.0 Å². The third-order valence-electron chi connectivity index (χ3n) is 4.15. The van der Waals surface area contributed by atoms with E-state index in [9.17, 15) is 18.3 Å². The summed E-state index contributed by atoms with van der Waals surface area (Å²) in [5.41, 5.74) is 0.506. The molecule has 7 heteroatoms. The lowest BCUT2D eigenvalue weighted by Crippen LogP contribution is -2.25. The minimum atomic E-state index is -4.40. The maximum atomic E-state index is 13.3. The van der Waals surface area contributed by atoms with Gasteiger partial charge < -0.3 is 5.11 Å². The number of aryl methyl sites for hydroxylation is 1. The van der Waals surface area contributed by atoms with Gasteiger partial charge in [-0.3, -0.25) is 9.58 Å². The highest BCUT2D eigenvalue weighted by Crippen LogP contribution is 2.40. The summed E-state index contributed by atoms with van der Waals surface area (Å²) >= 11 is 0. The molecule has 1 N–H and O–H groups in total. The molecule has 23 heavy (non-hydrogen) atoms. The highest BCUT2D eigenvalue weighted by Gasteiger charge is 2.39. The Morgan fingerprint density at radius 1 is 1.30 bits per heavy atom. The maximum absolute atomic E-state index is 13.3. The summed E-state index contributed by atoms with van der Waals surface area (Å²) in [5, 5.41) is 14.0. The smallest absolute Gasteiger partial charge is 0.392 e. The Bertz CT molecular complexity index is 683. The summed E-state index contributed by atoms with van der Waals surface area (Å²) in [5.74, 6) is 0. The van der Waals surface area contributed by atoms with Crippen LogP contribution in [0.2, 0.25) is 0 Å². The first-order valence-electron chi connectivity index (χ1n) is 7.40. The van der Waals surface area contributed by atoms with Gasteiger partial charge >= 0.3 is 6.18 Å². The van der Waals surface area contributed by atoms with Crippen LogP contribution < -0.4 is 0 Å². The molecule has 0 saturated carbocycles. The predicted molar refractivity (Wildman–Crippen MR) is 78.4 cm³/mol. The summed E-state index contributed by atoms with van der Waals surface area (Å²) < 4.78 is 41.4. The molecule has 0 aliphatic carbocycles. The van der Waals surface area contributed by atoms with Crippen LogP contribution in [-0.4, -0.2) is 32.4 Å². The molecular formula is C16H18F3N3O. The van der Waals surface area contributed by atoms with Crippen molar-refractivity contribution in [2.24, 2.45) is 7.05 Å². The second kappa shape index (κ2) is 5.98. The molecule has 0 bridgehead atoms. The van der Waals surface area contributed by atoms with E-state index in [4.69, 9.17) is 0 Å². The van der Waals surface area contributed by atoms with Gasteiger partial charge in [-0.1, -0.05) is 18.2 Å². The lowest BCUT2D eigenvalue weighted by atomic mass is 9.97. The van der Waals surface area contributed by atoms with Gasteiger partial charge in [-0.05, 0) is 18.1 Å². The monoisotopic (exact) mass is 325 g/mol. The maximum Gasteiger partial charge on any atom is 0.416 e. The van der Waals surface area contributed by atoms with Gasteiger partial charge in [-0.15, -0.1) is 0 Å². The van der Waals surface area contributed by atoms with Crippen molar-refractivity contribution in [3.63, 3.8) is 0 Å². The lowest BCUT2D eigenvalue weighted by molar-refractivity contribution is -0.138.